The highest BCUT2D eigenvalue weighted by Crippen LogP contribution is 2.24. The van der Waals surface area contributed by atoms with Crippen LogP contribution in [0.2, 0.25) is 0 Å². The van der Waals surface area contributed by atoms with E-state index in [4.69, 9.17) is 4.74 Å². The zero-order chi connectivity index (χ0) is 23.5. The quantitative estimate of drug-likeness (QED) is 0.458. The Bertz CT molecular complexity index is 1200. The summed E-state index contributed by atoms with van der Waals surface area (Å²) in [6.45, 7) is 4.20. The molecule has 0 radical (unpaired) electrons. The minimum atomic E-state index is -0.689. The van der Waals surface area contributed by atoms with Gasteiger partial charge in [0, 0.05) is 35.8 Å². The fraction of sp³-hybridized carbons (Fsp3) is 0.320. The minimum absolute atomic E-state index is 0.139. The number of benzene rings is 2. The van der Waals surface area contributed by atoms with Crippen LogP contribution in [0.1, 0.15) is 29.5 Å². The van der Waals surface area contributed by atoms with E-state index in [2.05, 4.69) is 15.6 Å². The molecule has 3 aromatic rings. The fourth-order valence-electron chi connectivity index (χ4n) is 4.25. The average Bonchev–Trinajstić information content (AvgIpc) is 3.29. The molecule has 0 aliphatic carbocycles. The number of hydrogen-bond donors (Lipinski definition) is 3. The second-order valence-corrected chi connectivity index (χ2v) is 8.43. The Labute approximate surface area is 192 Å². The number of aromatic amines is 1. The first-order chi connectivity index (χ1) is 15.8. The largest absolute Gasteiger partial charge is 0.497 e. The van der Waals surface area contributed by atoms with Gasteiger partial charge < -0.3 is 20.4 Å². The number of carbonyl (C=O) groups excluding carboxylic acids is 3. The van der Waals surface area contributed by atoms with Crippen LogP contribution in [0.5, 0.6) is 5.75 Å². The van der Waals surface area contributed by atoms with E-state index in [1.807, 2.05) is 56.4 Å². The number of anilines is 1. The van der Waals surface area contributed by atoms with Crippen molar-refractivity contribution in [2.75, 3.05) is 19.0 Å². The lowest BCUT2D eigenvalue weighted by Gasteiger charge is -2.13. The van der Waals surface area contributed by atoms with Gasteiger partial charge in [0.05, 0.1) is 7.11 Å². The predicted octanol–water partition coefficient (Wildman–Crippen LogP) is 3.68. The molecular formula is C25H28N4O4. The van der Waals surface area contributed by atoms with Crippen LogP contribution in [0.3, 0.4) is 0 Å². The standard InChI is InChI=1S/C25H28N4O4/c1-15-10-16(2)12-18(11-15)27-23(30)7-6-22-24(31)29(25(32)28-22)9-8-17-14-26-21-5-4-19(33-3)13-20(17)21/h4-5,10-14,22,26H,6-9H2,1-3H3,(H,27,30)(H,28,32). The first-order valence-corrected chi connectivity index (χ1v) is 11.0. The van der Waals surface area contributed by atoms with Crippen molar-refractivity contribution in [3.8, 4) is 5.75 Å². The van der Waals surface area contributed by atoms with E-state index in [9.17, 15) is 14.4 Å². The number of H-pyrrole nitrogens is 1. The number of urea groups is 1. The Kier molecular flexibility index (Phi) is 6.35. The van der Waals surface area contributed by atoms with Gasteiger partial charge in [-0.3, -0.25) is 14.5 Å². The Morgan fingerprint density at radius 1 is 1.12 bits per heavy atom. The van der Waals surface area contributed by atoms with Crippen molar-refractivity contribution in [1.82, 2.24) is 15.2 Å². The number of imide groups is 1. The topological polar surface area (TPSA) is 104 Å². The SMILES string of the molecule is COc1ccc2[nH]cc(CCN3C(=O)NC(CCC(=O)Nc4cc(C)cc(C)c4)C3=O)c2c1. The third-order valence-electron chi connectivity index (χ3n) is 5.85. The lowest BCUT2D eigenvalue weighted by molar-refractivity contribution is -0.127. The number of aryl methyl sites for hydroxylation is 2. The molecule has 3 N–H and O–H groups in total. The summed E-state index contributed by atoms with van der Waals surface area (Å²) in [6, 6.07) is 10.5. The van der Waals surface area contributed by atoms with Crippen molar-refractivity contribution in [2.24, 2.45) is 0 Å². The normalized spacial score (nSPS) is 15.7. The highest BCUT2D eigenvalue weighted by molar-refractivity contribution is 6.04. The molecule has 8 heteroatoms. The molecule has 2 heterocycles. The maximum Gasteiger partial charge on any atom is 0.324 e. The molecule has 0 saturated carbocycles. The molecule has 4 rings (SSSR count). The summed E-state index contributed by atoms with van der Waals surface area (Å²) >= 11 is 0. The number of amides is 4. The van der Waals surface area contributed by atoms with E-state index in [0.717, 1.165) is 39.0 Å². The molecule has 1 atom stereocenters. The Hall–Kier alpha value is -3.81. The number of ether oxygens (including phenoxy) is 1. The van der Waals surface area contributed by atoms with E-state index < -0.39 is 12.1 Å². The van der Waals surface area contributed by atoms with Crippen LogP contribution < -0.4 is 15.4 Å². The van der Waals surface area contributed by atoms with Gasteiger partial charge >= 0.3 is 6.03 Å². The average molecular weight is 449 g/mol. The second-order valence-electron chi connectivity index (χ2n) is 8.43. The Balaban J connectivity index is 1.32. The van der Waals surface area contributed by atoms with Crippen molar-refractivity contribution in [2.45, 2.75) is 39.2 Å². The van der Waals surface area contributed by atoms with E-state index in [0.29, 0.717) is 6.42 Å². The second kappa shape index (κ2) is 9.36. The smallest absolute Gasteiger partial charge is 0.324 e. The van der Waals surface area contributed by atoms with Gasteiger partial charge in [0.25, 0.3) is 5.91 Å². The van der Waals surface area contributed by atoms with Gasteiger partial charge in [0.1, 0.15) is 11.8 Å². The summed E-state index contributed by atoms with van der Waals surface area (Å²) in [6.07, 6.45) is 2.80. The van der Waals surface area contributed by atoms with Gasteiger partial charge in [-0.15, -0.1) is 0 Å². The lowest BCUT2D eigenvalue weighted by Crippen LogP contribution is -2.33. The fourth-order valence-corrected chi connectivity index (χ4v) is 4.25. The number of methoxy groups -OCH3 is 1. The number of nitrogens with one attached hydrogen (secondary N) is 3. The summed E-state index contributed by atoms with van der Waals surface area (Å²) in [4.78, 5) is 42.0. The van der Waals surface area contributed by atoms with Crippen LogP contribution >= 0.6 is 0 Å². The van der Waals surface area contributed by atoms with E-state index in [1.54, 1.807) is 7.11 Å². The molecule has 33 heavy (non-hydrogen) atoms. The van der Waals surface area contributed by atoms with Gasteiger partial charge in [0.2, 0.25) is 5.91 Å². The molecule has 1 aliphatic rings. The molecule has 0 spiro atoms. The summed E-state index contributed by atoms with van der Waals surface area (Å²) in [5.41, 5.74) is 4.83. The van der Waals surface area contributed by atoms with E-state index in [-0.39, 0.29) is 31.2 Å². The zero-order valence-electron chi connectivity index (χ0n) is 19.0. The van der Waals surface area contributed by atoms with Gasteiger partial charge in [-0.1, -0.05) is 6.07 Å². The third-order valence-corrected chi connectivity index (χ3v) is 5.85. The molecule has 172 valence electrons. The van der Waals surface area contributed by atoms with E-state index >= 15 is 0 Å². The number of fused-ring (bicyclic) bond motifs is 1. The van der Waals surface area contributed by atoms with Gasteiger partial charge in [-0.05, 0) is 73.7 Å². The zero-order valence-corrected chi connectivity index (χ0v) is 19.0. The first-order valence-electron chi connectivity index (χ1n) is 11.0. The van der Waals surface area contributed by atoms with Crippen LogP contribution in [0, 0.1) is 13.8 Å². The predicted molar refractivity (Wildman–Crippen MR) is 126 cm³/mol. The lowest BCUT2D eigenvalue weighted by atomic mass is 10.1. The third kappa shape index (κ3) is 5.00. The van der Waals surface area contributed by atoms with Gasteiger partial charge in [0.15, 0.2) is 0 Å². The van der Waals surface area contributed by atoms with Crippen LogP contribution in [0.4, 0.5) is 10.5 Å². The molecule has 2 aromatic carbocycles. The summed E-state index contributed by atoms with van der Waals surface area (Å²) in [7, 11) is 1.61. The molecule has 1 aromatic heterocycles. The van der Waals surface area contributed by atoms with Crippen molar-refractivity contribution in [3.05, 3.63) is 59.3 Å². The van der Waals surface area contributed by atoms with Crippen molar-refractivity contribution < 1.29 is 19.1 Å². The first kappa shape index (κ1) is 22.4. The molecule has 8 nitrogen and oxygen atoms in total. The molecule has 1 saturated heterocycles. The number of carbonyl (C=O) groups is 3. The Morgan fingerprint density at radius 3 is 2.61 bits per heavy atom. The van der Waals surface area contributed by atoms with Crippen LogP contribution in [-0.4, -0.2) is 47.4 Å². The number of hydrogen-bond acceptors (Lipinski definition) is 4. The molecule has 4 amide bonds. The summed E-state index contributed by atoms with van der Waals surface area (Å²) in [5, 5.41) is 6.57. The Morgan fingerprint density at radius 2 is 1.88 bits per heavy atom. The van der Waals surface area contributed by atoms with Gasteiger partial charge in [-0.25, -0.2) is 4.79 Å². The molecule has 1 fully saturated rings. The highest BCUT2D eigenvalue weighted by Gasteiger charge is 2.37. The van der Waals surface area contributed by atoms with Crippen molar-refractivity contribution in [3.63, 3.8) is 0 Å². The number of nitrogens with zero attached hydrogens (tertiary/aromatic N) is 1. The summed E-state index contributed by atoms with van der Waals surface area (Å²) in [5.74, 6) is 0.266. The van der Waals surface area contributed by atoms with Crippen molar-refractivity contribution >= 4 is 34.4 Å². The monoisotopic (exact) mass is 448 g/mol. The molecule has 1 aliphatic heterocycles. The number of rotatable bonds is 8. The maximum atomic E-state index is 12.8. The van der Waals surface area contributed by atoms with Crippen molar-refractivity contribution in [1.29, 1.82) is 0 Å². The number of aromatic nitrogens is 1. The summed E-state index contributed by atoms with van der Waals surface area (Å²) < 4.78 is 5.29. The van der Waals surface area contributed by atoms with Gasteiger partial charge in [-0.2, -0.15) is 0 Å². The van der Waals surface area contributed by atoms with Crippen LogP contribution in [-0.2, 0) is 16.0 Å². The molecular weight excluding hydrogens is 420 g/mol. The van der Waals surface area contributed by atoms with Crippen LogP contribution in [0.25, 0.3) is 10.9 Å². The minimum Gasteiger partial charge on any atom is -0.497 e. The molecule has 1 unspecified atom stereocenters. The maximum absolute atomic E-state index is 12.8. The molecule has 0 bridgehead atoms. The van der Waals surface area contributed by atoms with E-state index in [1.165, 1.54) is 4.90 Å². The van der Waals surface area contributed by atoms with Crippen LogP contribution in [0.15, 0.2) is 42.6 Å². The highest BCUT2D eigenvalue weighted by atomic mass is 16.5.